The summed E-state index contributed by atoms with van der Waals surface area (Å²) in [6.07, 6.45) is 5.02. The number of terminal acetylenes is 1. The fourth-order valence-electron chi connectivity index (χ4n) is 0.816. The molecule has 0 amide bonds. The first-order valence-electron chi connectivity index (χ1n) is 3.63. The first-order chi connectivity index (χ1) is 5.86. The van der Waals surface area contributed by atoms with E-state index >= 15 is 0 Å². The number of hydrogen-bond acceptors (Lipinski definition) is 2. The molecule has 0 unspecified atom stereocenters. The van der Waals surface area contributed by atoms with E-state index in [4.69, 9.17) is 16.3 Å². The van der Waals surface area contributed by atoms with Gasteiger partial charge in [0.15, 0.2) is 0 Å². The maximum Gasteiger partial charge on any atom is 0.148 e. The van der Waals surface area contributed by atoms with Crippen LogP contribution in [0.3, 0.4) is 0 Å². The van der Waals surface area contributed by atoms with Crippen LogP contribution in [-0.4, -0.2) is 11.7 Å². The zero-order chi connectivity index (χ0) is 8.81. The fraction of sp³-hybridized carbons (Fsp3) is 0.200. The lowest BCUT2D eigenvalue weighted by Crippen LogP contribution is -1.93. The van der Waals surface area contributed by atoms with Crippen LogP contribution in [-0.2, 0) is 6.61 Å². The molecule has 12 heavy (non-hydrogen) atoms. The molecule has 2 nitrogen and oxygen atoms in total. The normalized spacial score (nSPS) is 9.00. The highest BCUT2D eigenvalue weighted by Crippen LogP contribution is 2.11. The Kier molecular flexibility index (Phi) is 3.18. The predicted octanol–water partition coefficient (Wildman–Crippen LogP) is 1.19. The summed E-state index contributed by atoms with van der Waals surface area (Å²) in [5, 5.41) is 8.73. The number of hydrogen-bond donors (Lipinski definition) is 1. The monoisotopic (exact) mass is 162 g/mol. The molecule has 0 saturated carbocycles. The number of aliphatic hydroxyl groups excluding tert-OH is 1. The topological polar surface area (TPSA) is 29.5 Å². The average Bonchev–Trinajstić information content (AvgIpc) is 2.15. The van der Waals surface area contributed by atoms with Gasteiger partial charge in [0, 0.05) is 0 Å². The number of ether oxygens (including phenoxy) is 1. The van der Waals surface area contributed by atoms with Gasteiger partial charge in [0.1, 0.15) is 12.4 Å². The van der Waals surface area contributed by atoms with Crippen LogP contribution in [0.15, 0.2) is 24.3 Å². The molecule has 62 valence electrons. The van der Waals surface area contributed by atoms with Gasteiger partial charge in [0.2, 0.25) is 0 Å². The minimum atomic E-state index is 0.0510. The van der Waals surface area contributed by atoms with Gasteiger partial charge in [-0.05, 0) is 17.7 Å². The van der Waals surface area contributed by atoms with Crippen LogP contribution >= 0.6 is 0 Å². The van der Waals surface area contributed by atoms with Crippen molar-refractivity contribution in [3.8, 4) is 18.1 Å². The summed E-state index contributed by atoms with van der Waals surface area (Å²) in [5.74, 6) is 3.10. The Morgan fingerprint density at radius 1 is 1.33 bits per heavy atom. The Morgan fingerprint density at radius 2 is 2.00 bits per heavy atom. The average molecular weight is 162 g/mol. The molecule has 0 aliphatic carbocycles. The second-order valence-corrected chi connectivity index (χ2v) is 2.29. The molecule has 1 aromatic rings. The number of benzene rings is 1. The van der Waals surface area contributed by atoms with E-state index in [0.717, 1.165) is 11.3 Å². The molecule has 1 aromatic carbocycles. The Bertz CT molecular complexity index is 269. The molecule has 0 aliphatic heterocycles. The molecule has 0 aliphatic rings. The van der Waals surface area contributed by atoms with Crippen LogP contribution in [0.4, 0.5) is 0 Å². The van der Waals surface area contributed by atoms with Gasteiger partial charge in [-0.2, -0.15) is 0 Å². The van der Waals surface area contributed by atoms with Crippen molar-refractivity contribution in [1.82, 2.24) is 0 Å². The van der Waals surface area contributed by atoms with Crippen molar-refractivity contribution in [3.63, 3.8) is 0 Å². The molecular formula is C10H10O2. The van der Waals surface area contributed by atoms with Crippen molar-refractivity contribution in [1.29, 1.82) is 0 Å². The number of rotatable bonds is 3. The molecule has 0 bridgehead atoms. The van der Waals surface area contributed by atoms with Crippen LogP contribution < -0.4 is 4.74 Å². The van der Waals surface area contributed by atoms with E-state index in [9.17, 15) is 0 Å². The second-order valence-electron chi connectivity index (χ2n) is 2.29. The molecule has 1 rings (SSSR count). The first-order valence-corrected chi connectivity index (χ1v) is 3.63. The van der Waals surface area contributed by atoms with E-state index in [1.54, 1.807) is 24.3 Å². The molecule has 0 atom stereocenters. The standard InChI is InChI=1S/C10H10O2/c1-2-7-12-10-5-3-9(8-11)4-6-10/h1,3-6,11H,7-8H2. The Morgan fingerprint density at radius 3 is 2.50 bits per heavy atom. The maximum atomic E-state index is 8.73. The van der Waals surface area contributed by atoms with Gasteiger partial charge in [0.25, 0.3) is 0 Å². The van der Waals surface area contributed by atoms with Crippen molar-refractivity contribution < 1.29 is 9.84 Å². The summed E-state index contributed by atoms with van der Waals surface area (Å²) in [4.78, 5) is 0. The molecule has 0 radical (unpaired) electrons. The highest BCUT2D eigenvalue weighted by molar-refractivity contribution is 5.27. The minimum absolute atomic E-state index is 0.0510. The lowest BCUT2D eigenvalue weighted by atomic mass is 10.2. The molecular weight excluding hydrogens is 152 g/mol. The van der Waals surface area contributed by atoms with Crippen molar-refractivity contribution in [3.05, 3.63) is 29.8 Å². The highest BCUT2D eigenvalue weighted by atomic mass is 16.5. The Hall–Kier alpha value is -1.46. The van der Waals surface area contributed by atoms with Gasteiger partial charge >= 0.3 is 0 Å². The van der Waals surface area contributed by atoms with Crippen LogP contribution in [0, 0.1) is 12.3 Å². The van der Waals surface area contributed by atoms with Gasteiger partial charge in [-0.3, -0.25) is 0 Å². The van der Waals surface area contributed by atoms with Crippen molar-refractivity contribution in [2.75, 3.05) is 6.61 Å². The fourth-order valence-corrected chi connectivity index (χ4v) is 0.816. The lowest BCUT2D eigenvalue weighted by molar-refractivity contribution is 0.281. The highest BCUT2D eigenvalue weighted by Gasteiger charge is 1.92. The molecule has 1 N–H and O–H groups in total. The van der Waals surface area contributed by atoms with Gasteiger partial charge in [-0.1, -0.05) is 18.1 Å². The molecule has 2 heteroatoms. The van der Waals surface area contributed by atoms with Crippen LogP contribution in [0.2, 0.25) is 0 Å². The van der Waals surface area contributed by atoms with Crippen LogP contribution in [0.5, 0.6) is 5.75 Å². The van der Waals surface area contributed by atoms with Crippen LogP contribution in [0.25, 0.3) is 0 Å². The van der Waals surface area contributed by atoms with Crippen molar-refractivity contribution in [2.45, 2.75) is 6.61 Å². The summed E-state index contributed by atoms with van der Waals surface area (Å²) < 4.78 is 5.14. The largest absolute Gasteiger partial charge is 0.481 e. The third kappa shape index (κ3) is 2.30. The number of aliphatic hydroxyl groups is 1. The lowest BCUT2D eigenvalue weighted by Gasteiger charge is -2.01. The Balaban J connectivity index is 2.60. The summed E-state index contributed by atoms with van der Waals surface area (Å²) in [6, 6.07) is 7.16. The quantitative estimate of drug-likeness (QED) is 0.676. The van der Waals surface area contributed by atoms with E-state index in [-0.39, 0.29) is 13.2 Å². The van der Waals surface area contributed by atoms with Gasteiger partial charge < -0.3 is 9.84 Å². The summed E-state index contributed by atoms with van der Waals surface area (Å²) in [7, 11) is 0. The molecule has 0 aromatic heterocycles. The van der Waals surface area contributed by atoms with Gasteiger partial charge in [-0.25, -0.2) is 0 Å². The summed E-state index contributed by atoms with van der Waals surface area (Å²) in [5.41, 5.74) is 0.864. The van der Waals surface area contributed by atoms with E-state index < -0.39 is 0 Å². The zero-order valence-corrected chi connectivity index (χ0v) is 6.66. The summed E-state index contributed by atoms with van der Waals surface area (Å²) in [6.45, 7) is 0.327. The molecule has 0 heterocycles. The Labute approximate surface area is 71.8 Å². The molecule has 0 fully saturated rings. The van der Waals surface area contributed by atoms with E-state index in [1.807, 2.05) is 0 Å². The van der Waals surface area contributed by atoms with E-state index in [2.05, 4.69) is 5.92 Å². The smallest absolute Gasteiger partial charge is 0.148 e. The minimum Gasteiger partial charge on any atom is -0.481 e. The molecule has 0 spiro atoms. The molecule has 0 saturated heterocycles. The van der Waals surface area contributed by atoms with Gasteiger partial charge in [0.05, 0.1) is 6.61 Å². The maximum absolute atomic E-state index is 8.73. The third-order valence-electron chi connectivity index (χ3n) is 1.43. The van der Waals surface area contributed by atoms with Crippen molar-refractivity contribution in [2.24, 2.45) is 0 Å². The zero-order valence-electron chi connectivity index (χ0n) is 6.66. The third-order valence-corrected chi connectivity index (χ3v) is 1.43. The van der Waals surface area contributed by atoms with Gasteiger partial charge in [-0.15, -0.1) is 6.42 Å². The summed E-state index contributed by atoms with van der Waals surface area (Å²) >= 11 is 0. The van der Waals surface area contributed by atoms with E-state index in [0.29, 0.717) is 0 Å². The first kappa shape index (κ1) is 8.63. The van der Waals surface area contributed by atoms with Crippen molar-refractivity contribution >= 4 is 0 Å². The second kappa shape index (κ2) is 4.42. The SMILES string of the molecule is C#CCOc1ccc(CO)cc1. The predicted molar refractivity (Wildman–Crippen MR) is 46.7 cm³/mol. The van der Waals surface area contributed by atoms with Crippen LogP contribution in [0.1, 0.15) is 5.56 Å². The van der Waals surface area contributed by atoms with E-state index in [1.165, 1.54) is 0 Å².